The van der Waals surface area contributed by atoms with Crippen LogP contribution in [0.2, 0.25) is 0 Å². The molecule has 0 aliphatic heterocycles. The zero-order valence-electron chi connectivity index (χ0n) is 9.26. The van der Waals surface area contributed by atoms with Crippen molar-refractivity contribution in [3.63, 3.8) is 0 Å². The quantitative estimate of drug-likeness (QED) is 0.550. The number of fused-ring (bicyclic) bond motifs is 1. The van der Waals surface area contributed by atoms with E-state index in [1.165, 1.54) is 24.7 Å². The molecule has 88 valence electrons. The van der Waals surface area contributed by atoms with Gasteiger partial charge in [-0.05, 0) is 13.0 Å². The number of rotatable bonds is 2. The summed E-state index contributed by atoms with van der Waals surface area (Å²) in [5.74, 6) is -0.716. The van der Waals surface area contributed by atoms with Crippen molar-refractivity contribution in [3.05, 3.63) is 38.7 Å². The first-order chi connectivity index (χ1) is 7.91. The standard InChI is InChI=1S/C10H9N3O4/c1-5-3-7(14)9-8(10(5)15)6(4-13(16)17)11-12(9)2/h3H,4H2,1-2H3. The number of aryl methyl sites for hydroxylation is 1. The molecule has 0 amide bonds. The predicted octanol–water partition coefficient (Wildman–Crippen LogP) is 0.522. The number of nitrogens with zero attached hydrogens (tertiary/aromatic N) is 3. The molecule has 1 heterocycles. The maximum absolute atomic E-state index is 11.9. The molecule has 0 saturated carbocycles. The molecule has 0 spiro atoms. The molecule has 7 nitrogen and oxygen atoms in total. The van der Waals surface area contributed by atoms with Crippen LogP contribution < -0.4 is 0 Å². The fraction of sp³-hybridized carbons (Fsp3) is 0.300. The average Bonchev–Trinajstić information content (AvgIpc) is 2.51. The number of allylic oxidation sites excluding steroid dienone is 2. The number of carbonyl (C=O) groups is 2. The van der Waals surface area contributed by atoms with Crippen LogP contribution in [0.25, 0.3) is 0 Å². The van der Waals surface area contributed by atoms with Crippen LogP contribution in [0.3, 0.4) is 0 Å². The van der Waals surface area contributed by atoms with Gasteiger partial charge in [0, 0.05) is 17.5 Å². The Morgan fingerprint density at radius 1 is 1.47 bits per heavy atom. The highest BCUT2D eigenvalue weighted by Gasteiger charge is 2.32. The Morgan fingerprint density at radius 3 is 2.71 bits per heavy atom. The van der Waals surface area contributed by atoms with Gasteiger partial charge in [-0.2, -0.15) is 5.10 Å². The summed E-state index contributed by atoms with van der Waals surface area (Å²) in [6.45, 7) is 0.946. The van der Waals surface area contributed by atoms with Crippen LogP contribution in [-0.4, -0.2) is 26.3 Å². The van der Waals surface area contributed by atoms with Gasteiger partial charge in [0.15, 0.2) is 5.78 Å². The number of nitro groups is 1. The predicted molar refractivity (Wildman–Crippen MR) is 56.3 cm³/mol. The Balaban J connectivity index is 2.64. The largest absolute Gasteiger partial charge is 0.289 e. The van der Waals surface area contributed by atoms with Crippen molar-refractivity contribution in [2.45, 2.75) is 13.5 Å². The Kier molecular flexibility index (Phi) is 2.38. The minimum Gasteiger partial charge on any atom is -0.289 e. The SMILES string of the molecule is CC1=CC(=O)c2c(c(C[N+](=O)[O-])nn2C)C1=O. The summed E-state index contributed by atoms with van der Waals surface area (Å²) < 4.78 is 1.22. The van der Waals surface area contributed by atoms with Gasteiger partial charge >= 0.3 is 0 Å². The van der Waals surface area contributed by atoms with Crippen molar-refractivity contribution in [2.24, 2.45) is 7.05 Å². The second-order valence-corrected chi connectivity index (χ2v) is 3.81. The van der Waals surface area contributed by atoms with E-state index in [1.54, 1.807) is 0 Å². The van der Waals surface area contributed by atoms with Crippen molar-refractivity contribution < 1.29 is 14.5 Å². The van der Waals surface area contributed by atoms with Crippen LogP contribution in [-0.2, 0) is 13.6 Å². The summed E-state index contributed by atoms with van der Waals surface area (Å²) in [5.41, 5.74) is 0.505. The fourth-order valence-corrected chi connectivity index (χ4v) is 1.86. The topological polar surface area (TPSA) is 95.1 Å². The first kappa shape index (κ1) is 11.2. The molecule has 0 N–H and O–H groups in total. The summed E-state index contributed by atoms with van der Waals surface area (Å²) in [7, 11) is 1.49. The Morgan fingerprint density at radius 2 is 2.12 bits per heavy atom. The minimum atomic E-state index is -0.575. The number of Topliss-reactive ketones (excluding diaryl/α,β-unsaturated/α-hetero) is 1. The van der Waals surface area contributed by atoms with Crippen LogP contribution in [0.4, 0.5) is 0 Å². The third-order valence-electron chi connectivity index (χ3n) is 2.56. The van der Waals surface area contributed by atoms with Crippen molar-refractivity contribution >= 4 is 11.6 Å². The van der Waals surface area contributed by atoms with Crippen LogP contribution in [0.1, 0.15) is 33.5 Å². The molecule has 0 radical (unpaired) electrons. The maximum atomic E-state index is 11.9. The molecule has 17 heavy (non-hydrogen) atoms. The van der Waals surface area contributed by atoms with Crippen molar-refractivity contribution in [2.75, 3.05) is 0 Å². The highest BCUT2D eigenvalue weighted by atomic mass is 16.6. The number of carbonyl (C=O) groups excluding carboxylic acids is 2. The molecule has 0 saturated heterocycles. The molecule has 0 bridgehead atoms. The Hall–Kier alpha value is -2.31. The number of hydrogen-bond donors (Lipinski definition) is 0. The van der Waals surface area contributed by atoms with E-state index < -0.39 is 11.5 Å². The first-order valence-electron chi connectivity index (χ1n) is 4.86. The van der Waals surface area contributed by atoms with E-state index in [0.717, 1.165) is 0 Å². The van der Waals surface area contributed by atoms with Crippen LogP contribution >= 0.6 is 0 Å². The molecule has 1 aromatic heterocycles. The van der Waals surface area contributed by atoms with Gasteiger partial charge in [-0.15, -0.1) is 0 Å². The van der Waals surface area contributed by atoms with Gasteiger partial charge < -0.3 is 0 Å². The number of hydrogen-bond acceptors (Lipinski definition) is 5. The third kappa shape index (κ3) is 1.65. The second kappa shape index (κ2) is 3.62. The summed E-state index contributed by atoms with van der Waals surface area (Å²) >= 11 is 0. The highest BCUT2D eigenvalue weighted by Crippen LogP contribution is 2.24. The van der Waals surface area contributed by atoms with E-state index in [4.69, 9.17) is 0 Å². The second-order valence-electron chi connectivity index (χ2n) is 3.81. The van der Waals surface area contributed by atoms with Gasteiger partial charge in [0.1, 0.15) is 11.4 Å². The zero-order chi connectivity index (χ0) is 12.7. The molecule has 7 heteroatoms. The van der Waals surface area contributed by atoms with E-state index in [9.17, 15) is 19.7 Å². The summed E-state index contributed by atoms with van der Waals surface area (Å²) in [5, 5.41) is 14.3. The molecule has 0 atom stereocenters. The smallest absolute Gasteiger partial charge is 0.248 e. The van der Waals surface area contributed by atoms with E-state index in [0.29, 0.717) is 0 Å². The zero-order valence-corrected chi connectivity index (χ0v) is 9.26. The summed E-state index contributed by atoms with van der Waals surface area (Å²) in [6.07, 6.45) is 1.22. The molecule has 0 fully saturated rings. The molecular weight excluding hydrogens is 226 g/mol. The summed E-state index contributed by atoms with van der Waals surface area (Å²) in [4.78, 5) is 33.5. The van der Waals surface area contributed by atoms with E-state index in [-0.39, 0.29) is 34.1 Å². The van der Waals surface area contributed by atoms with Crippen LogP contribution in [0.15, 0.2) is 11.6 Å². The first-order valence-corrected chi connectivity index (χ1v) is 4.86. The fourth-order valence-electron chi connectivity index (χ4n) is 1.86. The Bertz CT molecular complexity index is 583. The third-order valence-corrected chi connectivity index (χ3v) is 2.56. The van der Waals surface area contributed by atoms with Crippen molar-refractivity contribution in [3.8, 4) is 0 Å². The molecule has 0 aromatic carbocycles. The lowest BCUT2D eigenvalue weighted by atomic mass is 9.93. The monoisotopic (exact) mass is 235 g/mol. The lowest BCUT2D eigenvalue weighted by Crippen LogP contribution is -2.18. The summed E-state index contributed by atoms with van der Waals surface area (Å²) in [6, 6.07) is 0. The van der Waals surface area contributed by atoms with E-state index in [1.807, 2.05) is 0 Å². The molecule has 1 aliphatic rings. The van der Waals surface area contributed by atoms with E-state index in [2.05, 4.69) is 5.10 Å². The number of aromatic nitrogens is 2. The van der Waals surface area contributed by atoms with Gasteiger partial charge in [-0.1, -0.05) is 0 Å². The molecule has 2 rings (SSSR count). The lowest BCUT2D eigenvalue weighted by molar-refractivity contribution is -0.497. The van der Waals surface area contributed by atoms with E-state index >= 15 is 0 Å². The van der Waals surface area contributed by atoms with Gasteiger partial charge in [0.05, 0.1) is 5.56 Å². The minimum absolute atomic E-state index is 0.0401. The normalized spacial score (nSPS) is 14.6. The van der Waals surface area contributed by atoms with Crippen molar-refractivity contribution in [1.29, 1.82) is 0 Å². The van der Waals surface area contributed by atoms with Gasteiger partial charge in [-0.3, -0.25) is 24.4 Å². The van der Waals surface area contributed by atoms with Gasteiger partial charge in [0.25, 0.3) is 0 Å². The van der Waals surface area contributed by atoms with Gasteiger partial charge in [-0.25, -0.2) is 0 Å². The average molecular weight is 235 g/mol. The maximum Gasteiger partial charge on any atom is 0.248 e. The molecule has 0 unspecified atom stereocenters. The Labute approximate surface area is 95.9 Å². The molecule has 1 aliphatic carbocycles. The molecular formula is C10H9N3O4. The van der Waals surface area contributed by atoms with Gasteiger partial charge in [0.2, 0.25) is 12.3 Å². The van der Waals surface area contributed by atoms with Crippen LogP contribution in [0, 0.1) is 10.1 Å². The lowest BCUT2D eigenvalue weighted by Gasteiger charge is -2.08. The van der Waals surface area contributed by atoms with Crippen molar-refractivity contribution in [1.82, 2.24) is 9.78 Å². The molecule has 1 aromatic rings. The highest BCUT2D eigenvalue weighted by molar-refractivity contribution is 6.24. The number of ketones is 2. The van der Waals surface area contributed by atoms with Crippen LogP contribution in [0.5, 0.6) is 0 Å².